The van der Waals surface area contributed by atoms with E-state index < -0.39 is 29.7 Å². The van der Waals surface area contributed by atoms with Gasteiger partial charge in [-0.25, -0.2) is 4.39 Å². The van der Waals surface area contributed by atoms with Crippen molar-refractivity contribution in [3.63, 3.8) is 0 Å². The van der Waals surface area contributed by atoms with Crippen molar-refractivity contribution in [3.8, 4) is 0 Å². The number of hydrogen-bond acceptors (Lipinski definition) is 5. The van der Waals surface area contributed by atoms with Crippen LogP contribution in [-0.4, -0.2) is 47.0 Å². The Labute approximate surface area is 232 Å². The van der Waals surface area contributed by atoms with Gasteiger partial charge in [-0.15, -0.1) is 0 Å². The molecule has 0 bridgehead atoms. The SMILES string of the molecule is Cc1ccc(F)c(NC(=O)[C@H](CCN)NC(=O)[C@@H]2Cc3ccccc3CN2C(=O)CCC(=O)c2ccccc2)c1. The fraction of sp³-hybridized carbons (Fsp3) is 0.290. The van der Waals surface area contributed by atoms with Crippen LogP contribution in [0.1, 0.15) is 46.3 Å². The summed E-state index contributed by atoms with van der Waals surface area (Å²) in [6.45, 7) is 2.08. The van der Waals surface area contributed by atoms with Crippen LogP contribution in [-0.2, 0) is 27.3 Å². The van der Waals surface area contributed by atoms with Crippen molar-refractivity contribution in [1.29, 1.82) is 0 Å². The summed E-state index contributed by atoms with van der Waals surface area (Å²) in [5.41, 5.74) is 8.85. The second-order valence-corrected chi connectivity index (χ2v) is 9.91. The number of fused-ring (bicyclic) bond motifs is 1. The van der Waals surface area contributed by atoms with Gasteiger partial charge in [0.15, 0.2) is 5.78 Å². The van der Waals surface area contributed by atoms with Gasteiger partial charge in [0.25, 0.3) is 0 Å². The lowest BCUT2D eigenvalue weighted by Crippen LogP contribution is -2.56. The zero-order chi connectivity index (χ0) is 28.6. The molecule has 1 aliphatic rings. The Morgan fingerprint density at radius 1 is 0.975 bits per heavy atom. The highest BCUT2D eigenvalue weighted by Crippen LogP contribution is 2.25. The summed E-state index contributed by atoms with van der Waals surface area (Å²) in [6, 6.07) is 18.7. The molecule has 0 saturated carbocycles. The largest absolute Gasteiger partial charge is 0.342 e. The number of carbonyl (C=O) groups is 4. The van der Waals surface area contributed by atoms with E-state index in [0.717, 1.165) is 16.7 Å². The quantitative estimate of drug-likeness (QED) is 0.337. The molecule has 0 saturated heterocycles. The second-order valence-electron chi connectivity index (χ2n) is 9.91. The van der Waals surface area contributed by atoms with E-state index in [9.17, 15) is 23.6 Å². The lowest BCUT2D eigenvalue weighted by Gasteiger charge is -2.36. The summed E-state index contributed by atoms with van der Waals surface area (Å²) in [6.07, 6.45) is 0.326. The highest BCUT2D eigenvalue weighted by molar-refractivity contribution is 6.00. The van der Waals surface area contributed by atoms with Crippen LogP contribution < -0.4 is 16.4 Å². The second kappa shape index (κ2) is 13.1. The van der Waals surface area contributed by atoms with Gasteiger partial charge in [-0.2, -0.15) is 0 Å². The molecule has 208 valence electrons. The molecule has 0 aliphatic carbocycles. The number of amides is 3. The van der Waals surface area contributed by atoms with E-state index in [1.165, 1.54) is 17.0 Å². The number of ketones is 1. The average Bonchev–Trinajstić information content (AvgIpc) is 2.97. The van der Waals surface area contributed by atoms with E-state index >= 15 is 0 Å². The van der Waals surface area contributed by atoms with Gasteiger partial charge in [-0.1, -0.05) is 60.7 Å². The molecule has 4 N–H and O–H groups in total. The number of anilines is 1. The summed E-state index contributed by atoms with van der Waals surface area (Å²) >= 11 is 0. The van der Waals surface area contributed by atoms with Crippen LogP contribution in [0, 0.1) is 12.7 Å². The van der Waals surface area contributed by atoms with Crippen LogP contribution in [0.5, 0.6) is 0 Å². The highest BCUT2D eigenvalue weighted by atomic mass is 19.1. The number of hydrogen-bond donors (Lipinski definition) is 3. The summed E-state index contributed by atoms with van der Waals surface area (Å²) in [5.74, 6) is -2.21. The lowest BCUT2D eigenvalue weighted by atomic mass is 9.92. The Hall–Kier alpha value is -4.37. The molecule has 1 aliphatic heterocycles. The maximum Gasteiger partial charge on any atom is 0.247 e. The first-order chi connectivity index (χ1) is 19.3. The third-order valence-electron chi connectivity index (χ3n) is 7.00. The molecule has 0 radical (unpaired) electrons. The van der Waals surface area contributed by atoms with Gasteiger partial charge in [-0.05, 0) is 48.7 Å². The highest BCUT2D eigenvalue weighted by Gasteiger charge is 2.36. The standard InChI is InChI=1S/C31H33FN4O4/c1-20-11-12-24(32)26(17-20)35-30(39)25(15-16-33)34-31(40)27-18-22-9-5-6-10-23(22)19-36(27)29(38)14-13-28(37)21-7-3-2-4-8-21/h2-12,17,25,27H,13-16,18-19,33H2,1H3,(H,34,40)(H,35,39)/t25-,27-/m0/s1. The van der Waals surface area contributed by atoms with E-state index in [2.05, 4.69) is 10.6 Å². The minimum atomic E-state index is -1.04. The number of benzene rings is 3. The van der Waals surface area contributed by atoms with E-state index in [4.69, 9.17) is 5.73 Å². The van der Waals surface area contributed by atoms with E-state index in [-0.39, 0.29) is 56.2 Å². The molecule has 2 atom stereocenters. The molecule has 0 spiro atoms. The molecule has 3 aromatic carbocycles. The maximum atomic E-state index is 14.3. The molecule has 0 unspecified atom stereocenters. The van der Waals surface area contributed by atoms with Crippen molar-refractivity contribution in [1.82, 2.24) is 10.2 Å². The fourth-order valence-electron chi connectivity index (χ4n) is 4.81. The Morgan fingerprint density at radius 3 is 2.40 bits per heavy atom. The number of nitrogens with two attached hydrogens (primary N) is 1. The number of nitrogens with zero attached hydrogens (tertiary/aromatic N) is 1. The van der Waals surface area contributed by atoms with Gasteiger partial charge in [0, 0.05) is 31.4 Å². The molecule has 9 heteroatoms. The van der Waals surface area contributed by atoms with Gasteiger partial charge in [0.2, 0.25) is 17.7 Å². The van der Waals surface area contributed by atoms with Crippen molar-refractivity contribution in [2.45, 2.75) is 51.2 Å². The predicted octanol–water partition coefficient (Wildman–Crippen LogP) is 3.52. The molecule has 0 fully saturated rings. The molecule has 1 heterocycles. The minimum absolute atomic E-state index is 0.00718. The fourth-order valence-corrected chi connectivity index (χ4v) is 4.81. The molecular weight excluding hydrogens is 511 g/mol. The first-order valence-corrected chi connectivity index (χ1v) is 13.3. The summed E-state index contributed by atoms with van der Waals surface area (Å²) in [7, 11) is 0. The number of aryl methyl sites for hydroxylation is 1. The van der Waals surface area contributed by atoms with E-state index in [1.807, 2.05) is 30.3 Å². The Morgan fingerprint density at radius 2 is 1.68 bits per heavy atom. The summed E-state index contributed by atoms with van der Waals surface area (Å²) in [5, 5.41) is 5.27. The molecule has 4 rings (SSSR count). The number of halogens is 1. The Bertz CT molecular complexity index is 1400. The summed E-state index contributed by atoms with van der Waals surface area (Å²) in [4.78, 5) is 54.1. The molecule has 0 aromatic heterocycles. The average molecular weight is 545 g/mol. The van der Waals surface area contributed by atoms with Crippen molar-refractivity contribution >= 4 is 29.2 Å². The predicted molar refractivity (Wildman–Crippen MR) is 150 cm³/mol. The van der Waals surface area contributed by atoms with Gasteiger partial charge in [-0.3, -0.25) is 19.2 Å². The minimum Gasteiger partial charge on any atom is -0.342 e. The van der Waals surface area contributed by atoms with Crippen molar-refractivity contribution in [3.05, 3.63) is 101 Å². The normalized spacial score (nSPS) is 15.1. The topological polar surface area (TPSA) is 122 Å². The number of Topliss-reactive ketones (excluding diaryl/α,β-unsaturated/α-hetero) is 1. The third-order valence-corrected chi connectivity index (χ3v) is 7.00. The van der Waals surface area contributed by atoms with Crippen molar-refractivity contribution in [2.24, 2.45) is 5.73 Å². The first-order valence-electron chi connectivity index (χ1n) is 13.3. The third kappa shape index (κ3) is 6.98. The molecule has 3 amide bonds. The van der Waals surface area contributed by atoms with Gasteiger partial charge < -0.3 is 21.3 Å². The Balaban J connectivity index is 1.50. The van der Waals surface area contributed by atoms with Crippen LogP contribution in [0.25, 0.3) is 0 Å². The van der Waals surface area contributed by atoms with Crippen molar-refractivity contribution < 1.29 is 23.6 Å². The van der Waals surface area contributed by atoms with Crippen LogP contribution in [0.3, 0.4) is 0 Å². The van der Waals surface area contributed by atoms with Gasteiger partial charge >= 0.3 is 0 Å². The zero-order valence-corrected chi connectivity index (χ0v) is 22.4. The van der Waals surface area contributed by atoms with E-state index in [0.29, 0.717) is 5.56 Å². The van der Waals surface area contributed by atoms with Gasteiger partial charge in [0.05, 0.1) is 5.69 Å². The Kier molecular flexibility index (Phi) is 9.39. The van der Waals surface area contributed by atoms with Crippen LogP contribution >= 0.6 is 0 Å². The van der Waals surface area contributed by atoms with E-state index in [1.54, 1.807) is 37.3 Å². The van der Waals surface area contributed by atoms with Crippen LogP contribution in [0.4, 0.5) is 10.1 Å². The monoisotopic (exact) mass is 544 g/mol. The van der Waals surface area contributed by atoms with Crippen LogP contribution in [0.15, 0.2) is 72.8 Å². The smallest absolute Gasteiger partial charge is 0.247 e. The van der Waals surface area contributed by atoms with Gasteiger partial charge in [0.1, 0.15) is 17.9 Å². The zero-order valence-electron chi connectivity index (χ0n) is 22.4. The first kappa shape index (κ1) is 28.6. The number of nitrogens with one attached hydrogen (secondary N) is 2. The summed E-state index contributed by atoms with van der Waals surface area (Å²) < 4.78 is 14.3. The molecule has 3 aromatic rings. The molecular formula is C31H33FN4O4. The molecule has 8 nitrogen and oxygen atoms in total. The number of rotatable bonds is 10. The lowest BCUT2D eigenvalue weighted by molar-refractivity contribution is -0.142. The van der Waals surface area contributed by atoms with Crippen molar-refractivity contribution in [2.75, 3.05) is 11.9 Å². The number of carbonyl (C=O) groups excluding carboxylic acids is 4. The van der Waals surface area contributed by atoms with Crippen LogP contribution in [0.2, 0.25) is 0 Å². The molecule has 40 heavy (non-hydrogen) atoms. The maximum absolute atomic E-state index is 14.3.